The highest BCUT2D eigenvalue weighted by Gasteiger charge is 1.91. The summed E-state index contributed by atoms with van der Waals surface area (Å²) in [5, 5.41) is 0. The standard InChI is InChI=1S/C13H16O2/c14-10-6-1-2-7-11-15-12-13-8-4-3-5-9-13/h3-6,8-9H,1-2,7,11-12H2. The van der Waals surface area contributed by atoms with Crippen LogP contribution < -0.4 is 0 Å². The second kappa shape index (κ2) is 7.98. The number of rotatable bonds is 7. The maximum Gasteiger partial charge on any atom is 0.120 e. The molecule has 0 saturated heterocycles. The number of benzene rings is 1. The Balaban J connectivity index is 2.00. The predicted octanol–water partition coefficient (Wildman–Crippen LogP) is 2.76. The summed E-state index contributed by atoms with van der Waals surface area (Å²) in [4.78, 5) is 9.87. The summed E-state index contributed by atoms with van der Waals surface area (Å²) in [6.07, 6.45) is 4.31. The van der Waals surface area contributed by atoms with Crippen molar-refractivity contribution in [2.75, 3.05) is 6.61 Å². The van der Waals surface area contributed by atoms with E-state index in [4.69, 9.17) is 4.74 Å². The number of carbonyl (C=O) groups excluding carboxylic acids is 1. The average Bonchev–Trinajstić information content (AvgIpc) is 2.29. The molecule has 0 spiro atoms. The van der Waals surface area contributed by atoms with E-state index in [-0.39, 0.29) is 0 Å². The summed E-state index contributed by atoms with van der Waals surface area (Å²) in [7, 11) is 0. The third-order valence-electron chi connectivity index (χ3n) is 2.08. The van der Waals surface area contributed by atoms with Crippen molar-refractivity contribution >= 4 is 5.94 Å². The van der Waals surface area contributed by atoms with Gasteiger partial charge in [-0.25, -0.2) is 4.79 Å². The summed E-state index contributed by atoms with van der Waals surface area (Å²) in [5.74, 6) is 1.77. The van der Waals surface area contributed by atoms with Gasteiger partial charge in [-0.15, -0.1) is 0 Å². The molecule has 0 N–H and O–H groups in total. The number of hydrogen-bond acceptors (Lipinski definition) is 2. The molecule has 0 radical (unpaired) electrons. The molecule has 0 bridgehead atoms. The van der Waals surface area contributed by atoms with E-state index in [1.807, 2.05) is 18.2 Å². The lowest BCUT2D eigenvalue weighted by molar-refractivity contribution is 0.117. The van der Waals surface area contributed by atoms with Gasteiger partial charge in [0.2, 0.25) is 0 Å². The molecule has 0 aliphatic heterocycles. The number of allylic oxidation sites excluding steroid dienone is 1. The first-order valence-electron chi connectivity index (χ1n) is 5.24. The SMILES string of the molecule is O=C=CCCCCOCc1ccccc1. The molecule has 0 amide bonds. The van der Waals surface area contributed by atoms with Crippen LogP contribution in [0.1, 0.15) is 24.8 Å². The fourth-order valence-corrected chi connectivity index (χ4v) is 1.27. The Morgan fingerprint density at radius 2 is 2.00 bits per heavy atom. The van der Waals surface area contributed by atoms with E-state index in [1.165, 1.54) is 11.6 Å². The van der Waals surface area contributed by atoms with E-state index in [1.54, 1.807) is 5.94 Å². The maximum atomic E-state index is 9.87. The molecule has 2 heteroatoms. The van der Waals surface area contributed by atoms with Crippen molar-refractivity contribution in [2.45, 2.75) is 25.9 Å². The minimum absolute atomic E-state index is 0.671. The molecule has 0 aliphatic carbocycles. The summed E-state index contributed by atoms with van der Waals surface area (Å²) in [6.45, 7) is 1.42. The molecule has 0 unspecified atom stereocenters. The molecule has 15 heavy (non-hydrogen) atoms. The first-order valence-corrected chi connectivity index (χ1v) is 5.24. The van der Waals surface area contributed by atoms with Crippen LogP contribution in [0.4, 0.5) is 0 Å². The van der Waals surface area contributed by atoms with Gasteiger partial charge in [-0.3, -0.25) is 0 Å². The van der Waals surface area contributed by atoms with Gasteiger partial charge in [-0.2, -0.15) is 0 Å². The normalized spacial score (nSPS) is 9.60. The van der Waals surface area contributed by atoms with Crippen LogP contribution in [0.3, 0.4) is 0 Å². The van der Waals surface area contributed by atoms with Gasteiger partial charge >= 0.3 is 0 Å². The van der Waals surface area contributed by atoms with Crippen LogP contribution in [0.25, 0.3) is 0 Å². The minimum Gasteiger partial charge on any atom is -0.377 e. The molecule has 0 atom stereocenters. The van der Waals surface area contributed by atoms with Crippen LogP contribution >= 0.6 is 0 Å². The van der Waals surface area contributed by atoms with Crippen molar-refractivity contribution in [3.05, 3.63) is 42.0 Å². The molecule has 0 heterocycles. The molecule has 1 rings (SSSR count). The highest BCUT2D eigenvalue weighted by atomic mass is 16.5. The van der Waals surface area contributed by atoms with E-state index in [2.05, 4.69) is 12.1 Å². The molecule has 2 nitrogen and oxygen atoms in total. The van der Waals surface area contributed by atoms with Crippen LogP contribution in [-0.2, 0) is 16.1 Å². The first-order chi connectivity index (χ1) is 7.43. The summed E-state index contributed by atoms with van der Waals surface area (Å²) < 4.78 is 5.49. The van der Waals surface area contributed by atoms with Crippen LogP contribution in [-0.4, -0.2) is 12.5 Å². The molecule has 0 aliphatic rings. The molecular weight excluding hydrogens is 188 g/mol. The summed E-state index contributed by atoms with van der Waals surface area (Å²) >= 11 is 0. The smallest absolute Gasteiger partial charge is 0.120 e. The van der Waals surface area contributed by atoms with Crippen molar-refractivity contribution in [3.8, 4) is 0 Å². The van der Waals surface area contributed by atoms with Crippen molar-refractivity contribution in [1.82, 2.24) is 0 Å². The molecule has 80 valence electrons. The van der Waals surface area contributed by atoms with Crippen molar-refractivity contribution < 1.29 is 9.53 Å². The summed E-state index contributed by atoms with van der Waals surface area (Å²) in [6, 6.07) is 10.1. The van der Waals surface area contributed by atoms with Gasteiger partial charge in [-0.05, 0) is 30.9 Å². The van der Waals surface area contributed by atoms with Gasteiger partial charge in [0.1, 0.15) is 5.94 Å². The monoisotopic (exact) mass is 204 g/mol. The quantitative estimate of drug-likeness (QED) is 0.504. The topological polar surface area (TPSA) is 26.3 Å². The molecule has 1 aromatic carbocycles. The molecule has 0 saturated carbocycles. The van der Waals surface area contributed by atoms with Gasteiger partial charge in [0.25, 0.3) is 0 Å². The fraction of sp³-hybridized carbons (Fsp3) is 0.385. The maximum absolute atomic E-state index is 9.87. The molecular formula is C13H16O2. The van der Waals surface area contributed by atoms with Crippen molar-refractivity contribution in [1.29, 1.82) is 0 Å². The van der Waals surface area contributed by atoms with Crippen molar-refractivity contribution in [3.63, 3.8) is 0 Å². The van der Waals surface area contributed by atoms with E-state index in [0.29, 0.717) is 6.61 Å². The fourth-order valence-electron chi connectivity index (χ4n) is 1.27. The summed E-state index contributed by atoms with van der Waals surface area (Å²) in [5.41, 5.74) is 1.20. The Morgan fingerprint density at radius 3 is 2.73 bits per heavy atom. The Morgan fingerprint density at radius 1 is 1.20 bits per heavy atom. The highest BCUT2D eigenvalue weighted by molar-refractivity contribution is 5.44. The Hall–Kier alpha value is -1.37. The van der Waals surface area contributed by atoms with Gasteiger partial charge in [0, 0.05) is 6.61 Å². The Kier molecular flexibility index (Phi) is 6.23. The lowest BCUT2D eigenvalue weighted by Gasteiger charge is -2.03. The molecule has 1 aromatic rings. The van der Waals surface area contributed by atoms with Gasteiger partial charge in [0.15, 0.2) is 0 Å². The lowest BCUT2D eigenvalue weighted by atomic mass is 10.2. The first kappa shape index (κ1) is 11.7. The third kappa shape index (κ3) is 5.84. The van der Waals surface area contributed by atoms with E-state index in [9.17, 15) is 4.79 Å². The second-order valence-electron chi connectivity index (χ2n) is 3.36. The lowest BCUT2D eigenvalue weighted by Crippen LogP contribution is -1.95. The Bertz CT molecular complexity index is 300. The number of hydrogen-bond donors (Lipinski definition) is 0. The largest absolute Gasteiger partial charge is 0.377 e. The van der Waals surface area contributed by atoms with E-state index in [0.717, 1.165) is 25.9 Å². The molecule has 0 fully saturated rings. The van der Waals surface area contributed by atoms with E-state index < -0.39 is 0 Å². The zero-order valence-electron chi connectivity index (χ0n) is 8.82. The van der Waals surface area contributed by atoms with Crippen LogP contribution in [0, 0.1) is 0 Å². The van der Waals surface area contributed by atoms with E-state index >= 15 is 0 Å². The second-order valence-corrected chi connectivity index (χ2v) is 3.36. The number of ether oxygens (including phenoxy) is 1. The minimum atomic E-state index is 0.671. The third-order valence-corrected chi connectivity index (χ3v) is 2.08. The average molecular weight is 204 g/mol. The zero-order valence-corrected chi connectivity index (χ0v) is 8.82. The van der Waals surface area contributed by atoms with Crippen LogP contribution in [0.5, 0.6) is 0 Å². The van der Waals surface area contributed by atoms with Crippen molar-refractivity contribution in [2.24, 2.45) is 0 Å². The zero-order chi connectivity index (χ0) is 10.8. The molecule has 0 aromatic heterocycles. The predicted molar refractivity (Wildman–Crippen MR) is 60.2 cm³/mol. The Labute approximate surface area is 90.6 Å². The van der Waals surface area contributed by atoms with Gasteiger partial charge in [0.05, 0.1) is 6.61 Å². The van der Waals surface area contributed by atoms with Gasteiger partial charge < -0.3 is 4.74 Å². The van der Waals surface area contributed by atoms with Crippen LogP contribution in [0.2, 0.25) is 0 Å². The number of unbranched alkanes of at least 4 members (excludes halogenated alkanes) is 2. The highest BCUT2D eigenvalue weighted by Crippen LogP contribution is 2.02. The van der Waals surface area contributed by atoms with Gasteiger partial charge in [-0.1, -0.05) is 30.3 Å². The van der Waals surface area contributed by atoms with Crippen LogP contribution in [0.15, 0.2) is 36.4 Å².